The summed E-state index contributed by atoms with van der Waals surface area (Å²) in [4.78, 5) is 29.1. The van der Waals surface area contributed by atoms with Crippen LogP contribution in [-0.4, -0.2) is 28.4 Å². The SMILES string of the molecule is CCCOC(=O)C(C(=O)c1ccc(F)cc1)c1c(C)[nH]c2cc(Cl)c(O)cc12. The molecule has 0 aliphatic carbocycles. The summed E-state index contributed by atoms with van der Waals surface area (Å²) in [5.74, 6) is -3.12. The number of phenols is 1. The third kappa shape index (κ3) is 3.73. The van der Waals surface area contributed by atoms with E-state index in [0.717, 1.165) is 12.1 Å². The number of carbonyl (C=O) groups excluding carboxylic acids is 2. The van der Waals surface area contributed by atoms with Gasteiger partial charge in [-0.3, -0.25) is 9.59 Å². The van der Waals surface area contributed by atoms with E-state index in [2.05, 4.69) is 4.98 Å². The second-order valence-electron chi connectivity index (χ2n) is 6.48. The predicted octanol–water partition coefficient (Wildman–Crippen LogP) is 4.89. The minimum absolute atomic E-state index is 0.148. The molecule has 7 heteroatoms. The Balaban J connectivity index is 2.16. The van der Waals surface area contributed by atoms with Gasteiger partial charge in [-0.05, 0) is 49.7 Å². The van der Waals surface area contributed by atoms with Gasteiger partial charge in [0.25, 0.3) is 0 Å². The van der Waals surface area contributed by atoms with Crippen LogP contribution in [0.5, 0.6) is 5.75 Å². The van der Waals surface area contributed by atoms with Crippen LogP contribution in [0.15, 0.2) is 36.4 Å². The Labute approximate surface area is 166 Å². The van der Waals surface area contributed by atoms with Crippen molar-refractivity contribution >= 4 is 34.3 Å². The van der Waals surface area contributed by atoms with Crippen molar-refractivity contribution in [2.24, 2.45) is 0 Å². The standard InChI is InChI=1S/C21H19ClFNO4/c1-3-8-28-21(27)19(20(26)12-4-6-13(23)7-5-12)18-11(2)24-16-10-15(22)17(25)9-14(16)18/h4-7,9-10,19,24-25H,3,8H2,1-2H3. The first kappa shape index (κ1) is 19.9. The van der Waals surface area contributed by atoms with Crippen LogP contribution in [0.2, 0.25) is 5.02 Å². The van der Waals surface area contributed by atoms with Gasteiger partial charge in [0.1, 0.15) is 17.5 Å². The molecule has 1 heterocycles. The number of halogens is 2. The number of hydrogen-bond donors (Lipinski definition) is 2. The Bertz CT molecular complexity index is 1040. The first-order valence-electron chi connectivity index (χ1n) is 8.80. The van der Waals surface area contributed by atoms with Crippen LogP contribution in [0, 0.1) is 12.7 Å². The van der Waals surface area contributed by atoms with Crippen LogP contribution in [-0.2, 0) is 9.53 Å². The van der Waals surface area contributed by atoms with E-state index in [1.165, 1.54) is 24.3 Å². The number of rotatable bonds is 6. The van der Waals surface area contributed by atoms with Crippen molar-refractivity contribution in [2.45, 2.75) is 26.2 Å². The number of carbonyl (C=O) groups is 2. The molecule has 1 unspecified atom stereocenters. The molecule has 0 fully saturated rings. The zero-order chi connectivity index (χ0) is 20.4. The highest BCUT2D eigenvalue weighted by Crippen LogP contribution is 2.37. The smallest absolute Gasteiger partial charge is 0.321 e. The monoisotopic (exact) mass is 403 g/mol. The summed E-state index contributed by atoms with van der Waals surface area (Å²) in [6.45, 7) is 3.74. The molecule has 2 N–H and O–H groups in total. The van der Waals surface area contributed by atoms with Gasteiger partial charge in [-0.1, -0.05) is 18.5 Å². The summed E-state index contributed by atoms with van der Waals surface area (Å²) >= 11 is 5.97. The second-order valence-corrected chi connectivity index (χ2v) is 6.89. The van der Waals surface area contributed by atoms with E-state index < -0.39 is 23.5 Å². The van der Waals surface area contributed by atoms with Crippen LogP contribution in [0.4, 0.5) is 4.39 Å². The summed E-state index contributed by atoms with van der Waals surface area (Å²) in [5.41, 5.74) is 1.74. The maximum atomic E-state index is 13.3. The average molecular weight is 404 g/mol. The Morgan fingerprint density at radius 1 is 1.25 bits per heavy atom. The summed E-state index contributed by atoms with van der Waals surface area (Å²) in [6, 6.07) is 7.92. The van der Waals surface area contributed by atoms with Gasteiger partial charge in [0, 0.05) is 27.7 Å². The van der Waals surface area contributed by atoms with Gasteiger partial charge < -0.3 is 14.8 Å². The molecule has 1 atom stereocenters. The quantitative estimate of drug-likeness (QED) is 0.349. The number of aromatic nitrogens is 1. The number of hydrogen-bond acceptors (Lipinski definition) is 4. The van der Waals surface area contributed by atoms with E-state index in [4.69, 9.17) is 16.3 Å². The summed E-state index contributed by atoms with van der Waals surface area (Å²) in [6.07, 6.45) is 0.604. The highest BCUT2D eigenvalue weighted by molar-refractivity contribution is 6.32. The first-order chi connectivity index (χ1) is 13.3. The lowest BCUT2D eigenvalue weighted by atomic mass is 9.88. The fourth-order valence-corrected chi connectivity index (χ4v) is 3.32. The van der Waals surface area contributed by atoms with E-state index in [1.54, 1.807) is 6.92 Å². The zero-order valence-electron chi connectivity index (χ0n) is 15.4. The summed E-state index contributed by atoms with van der Waals surface area (Å²) < 4.78 is 18.5. The number of esters is 1. The molecule has 28 heavy (non-hydrogen) atoms. The van der Waals surface area contributed by atoms with Crippen LogP contribution >= 0.6 is 11.6 Å². The molecule has 3 rings (SSSR count). The van der Waals surface area contributed by atoms with Gasteiger partial charge in [-0.15, -0.1) is 0 Å². The van der Waals surface area contributed by atoms with Gasteiger partial charge in [-0.2, -0.15) is 0 Å². The average Bonchev–Trinajstić information content (AvgIpc) is 2.96. The number of aryl methyl sites for hydroxylation is 1. The molecule has 146 valence electrons. The Kier molecular flexibility index (Phi) is 5.70. The van der Waals surface area contributed by atoms with Crippen LogP contribution in [0.3, 0.4) is 0 Å². The lowest BCUT2D eigenvalue weighted by Crippen LogP contribution is -2.25. The Morgan fingerprint density at radius 2 is 1.93 bits per heavy atom. The summed E-state index contributed by atoms with van der Waals surface area (Å²) in [5, 5.41) is 10.7. The van der Waals surface area contributed by atoms with E-state index in [1.807, 2.05) is 6.92 Å². The zero-order valence-corrected chi connectivity index (χ0v) is 16.1. The van der Waals surface area contributed by atoms with E-state index in [9.17, 15) is 19.1 Å². The maximum absolute atomic E-state index is 13.3. The topological polar surface area (TPSA) is 79.4 Å². The second kappa shape index (κ2) is 8.02. The lowest BCUT2D eigenvalue weighted by Gasteiger charge is -2.16. The molecule has 3 aromatic rings. The number of phenolic OH excluding ortho intramolecular Hbond substituents is 1. The molecule has 0 saturated carbocycles. The number of fused-ring (bicyclic) bond motifs is 1. The third-order valence-corrected chi connectivity index (χ3v) is 4.77. The third-order valence-electron chi connectivity index (χ3n) is 4.47. The molecule has 2 aromatic carbocycles. The van der Waals surface area contributed by atoms with Crippen molar-refractivity contribution in [1.29, 1.82) is 0 Å². The highest BCUT2D eigenvalue weighted by Gasteiger charge is 2.34. The van der Waals surface area contributed by atoms with Gasteiger partial charge >= 0.3 is 5.97 Å². The fourth-order valence-electron chi connectivity index (χ4n) is 3.15. The summed E-state index contributed by atoms with van der Waals surface area (Å²) in [7, 11) is 0. The van der Waals surface area contributed by atoms with Crippen molar-refractivity contribution in [2.75, 3.05) is 6.61 Å². The van der Waals surface area contributed by atoms with Gasteiger partial charge in [0.15, 0.2) is 5.78 Å². The largest absolute Gasteiger partial charge is 0.506 e. The van der Waals surface area contributed by atoms with Crippen LogP contribution in [0.1, 0.15) is 40.9 Å². The molecular formula is C21H19ClFNO4. The van der Waals surface area contributed by atoms with Gasteiger partial charge in [0.2, 0.25) is 0 Å². The Morgan fingerprint density at radius 3 is 2.57 bits per heavy atom. The van der Waals surface area contributed by atoms with E-state index >= 15 is 0 Å². The normalized spacial score (nSPS) is 12.1. The Hall–Kier alpha value is -2.86. The molecule has 5 nitrogen and oxygen atoms in total. The minimum Gasteiger partial charge on any atom is -0.506 e. The molecular weight excluding hydrogens is 385 g/mol. The van der Waals surface area contributed by atoms with E-state index in [0.29, 0.717) is 28.6 Å². The molecule has 0 bridgehead atoms. The van der Waals surface area contributed by atoms with Crippen molar-refractivity contribution < 1.29 is 23.8 Å². The molecule has 1 aromatic heterocycles. The molecule has 0 saturated heterocycles. The number of benzene rings is 2. The number of ether oxygens (including phenoxy) is 1. The number of nitrogens with one attached hydrogen (secondary N) is 1. The molecule has 0 radical (unpaired) electrons. The number of H-pyrrole nitrogens is 1. The molecule has 0 aliphatic rings. The number of aromatic hydroxyl groups is 1. The van der Waals surface area contributed by atoms with Gasteiger partial charge in [0.05, 0.1) is 11.6 Å². The lowest BCUT2D eigenvalue weighted by molar-refractivity contribution is -0.144. The van der Waals surface area contributed by atoms with Crippen molar-refractivity contribution in [3.63, 3.8) is 0 Å². The number of ketones is 1. The van der Waals surface area contributed by atoms with Crippen molar-refractivity contribution in [3.8, 4) is 5.75 Å². The van der Waals surface area contributed by atoms with Gasteiger partial charge in [-0.25, -0.2) is 4.39 Å². The van der Waals surface area contributed by atoms with Crippen LogP contribution in [0.25, 0.3) is 10.9 Å². The molecule has 0 spiro atoms. The molecule has 0 aliphatic heterocycles. The maximum Gasteiger partial charge on any atom is 0.321 e. The number of aromatic amines is 1. The first-order valence-corrected chi connectivity index (χ1v) is 9.18. The minimum atomic E-state index is -1.26. The molecule has 0 amide bonds. The predicted molar refractivity (Wildman–Crippen MR) is 104 cm³/mol. The highest BCUT2D eigenvalue weighted by atomic mass is 35.5. The van der Waals surface area contributed by atoms with Crippen LogP contribution < -0.4 is 0 Å². The number of Topliss-reactive ketones (excluding diaryl/α,β-unsaturated/α-hetero) is 1. The fraction of sp³-hybridized carbons (Fsp3) is 0.238. The van der Waals surface area contributed by atoms with Crippen molar-refractivity contribution in [3.05, 3.63) is 64.1 Å². The van der Waals surface area contributed by atoms with E-state index in [-0.39, 0.29) is 22.9 Å². The van der Waals surface area contributed by atoms with Crippen molar-refractivity contribution in [1.82, 2.24) is 4.98 Å².